The predicted molar refractivity (Wildman–Crippen MR) is 110 cm³/mol. The molecule has 2 amide bonds. The van der Waals surface area contributed by atoms with Crippen LogP contribution in [0.3, 0.4) is 0 Å². The summed E-state index contributed by atoms with van der Waals surface area (Å²) in [7, 11) is 0. The Morgan fingerprint density at radius 2 is 1.80 bits per heavy atom. The first-order valence-electron chi connectivity index (χ1n) is 10.3. The summed E-state index contributed by atoms with van der Waals surface area (Å²) in [5.74, 6) is -0.983. The maximum atomic E-state index is 14.1. The minimum Gasteiger partial charge on any atom is -0.468 e. The monoisotopic (exact) mass is 409 g/mol. The molecule has 3 aliphatic rings. The molecule has 0 aliphatic carbocycles. The van der Waals surface area contributed by atoms with Crippen molar-refractivity contribution < 1.29 is 18.7 Å². The van der Waals surface area contributed by atoms with E-state index < -0.39 is 11.6 Å². The second-order valence-electron chi connectivity index (χ2n) is 8.41. The summed E-state index contributed by atoms with van der Waals surface area (Å²) in [4.78, 5) is 30.0. The third-order valence-electron chi connectivity index (χ3n) is 6.39. The van der Waals surface area contributed by atoms with Crippen molar-refractivity contribution in [2.45, 2.75) is 25.0 Å². The van der Waals surface area contributed by atoms with Crippen LogP contribution in [0.15, 0.2) is 48.5 Å². The Labute approximate surface area is 174 Å². The van der Waals surface area contributed by atoms with Gasteiger partial charge in [-0.15, -0.1) is 0 Å². The van der Waals surface area contributed by atoms with Crippen molar-refractivity contribution in [1.29, 1.82) is 0 Å². The van der Waals surface area contributed by atoms with Gasteiger partial charge < -0.3 is 19.9 Å². The number of piperidine rings is 1. The van der Waals surface area contributed by atoms with Crippen LogP contribution in [-0.4, -0.2) is 48.6 Å². The van der Waals surface area contributed by atoms with E-state index in [4.69, 9.17) is 4.74 Å². The Morgan fingerprint density at radius 1 is 1.10 bits per heavy atom. The number of carbonyl (C=O) groups excluding carboxylic acids is 2. The molecule has 3 atom stereocenters. The molecule has 7 heteroatoms. The van der Waals surface area contributed by atoms with Gasteiger partial charge in [0, 0.05) is 38.5 Å². The Kier molecular flexibility index (Phi) is 4.41. The lowest BCUT2D eigenvalue weighted by molar-refractivity contribution is -0.152. The average molecular weight is 409 g/mol. The number of hydrogen-bond acceptors (Lipinski definition) is 4. The fraction of sp³-hybridized carbons (Fsp3) is 0.391. The number of nitrogens with zero attached hydrogens (tertiary/aromatic N) is 2. The molecule has 5 rings (SSSR count). The van der Waals surface area contributed by atoms with Crippen molar-refractivity contribution in [2.24, 2.45) is 5.92 Å². The van der Waals surface area contributed by atoms with E-state index in [1.807, 2.05) is 42.2 Å². The molecule has 6 nitrogen and oxygen atoms in total. The number of amides is 2. The minimum atomic E-state index is -0.795. The standard InChI is InChI=1S/C23H24FN3O3/c1-23-14-16(15-6-2-5-9-19(15)30-23)20(21(28)25-23)22(29)27-12-10-26(11-13-27)18-8-4-3-7-17(18)24/h2-9,16,20H,10-14H2,1H3,(H,25,28)/t16-,20-,23+/m0/s1. The fourth-order valence-electron chi connectivity index (χ4n) is 4.95. The van der Waals surface area contributed by atoms with Gasteiger partial charge in [-0.05, 0) is 30.7 Å². The second-order valence-corrected chi connectivity index (χ2v) is 8.41. The van der Waals surface area contributed by atoms with Gasteiger partial charge in [-0.1, -0.05) is 30.3 Å². The van der Waals surface area contributed by atoms with Crippen molar-refractivity contribution >= 4 is 17.5 Å². The van der Waals surface area contributed by atoms with E-state index >= 15 is 0 Å². The predicted octanol–water partition coefficient (Wildman–Crippen LogP) is 2.50. The zero-order valence-corrected chi connectivity index (χ0v) is 16.8. The van der Waals surface area contributed by atoms with Gasteiger partial charge in [-0.3, -0.25) is 9.59 Å². The molecule has 3 heterocycles. The number of piperazine rings is 1. The van der Waals surface area contributed by atoms with Crippen molar-refractivity contribution in [1.82, 2.24) is 10.2 Å². The van der Waals surface area contributed by atoms with E-state index in [2.05, 4.69) is 5.32 Å². The molecule has 2 fully saturated rings. The Balaban J connectivity index is 1.36. The third kappa shape index (κ3) is 3.09. The van der Waals surface area contributed by atoms with Crippen LogP contribution >= 0.6 is 0 Å². The fourth-order valence-corrected chi connectivity index (χ4v) is 4.95. The number of rotatable bonds is 2. The summed E-state index contributed by atoms with van der Waals surface area (Å²) in [6.07, 6.45) is 0.557. The molecule has 0 radical (unpaired) electrons. The molecule has 2 aromatic carbocycles. The van der Waals surface area contributed by atoms with Gasteiger partial charge in [0.05, 0.1) is 5.69 Å². The first-order chi connectivity index (χ1) is 14.5. The van der Waals surface area contributed by atoms with Gasteiger partial charge in [0.15, 0.2) is 5.72 Å². The van der Waals surface area contributed by atoms with Crippen LogP contribution in [-0.2, 0) is 9.59 Å². The second kappa shape index (κ2) is 7.00. The van der Waals surface area contributed by atoms with E-state index in [9.17, 15) is 14.0 Å². The molecular formula is C23H24FN3O3. The summed E-state index contributed by atoms with van der Waals surface area (Å²) in [6, 6.07) is 14.3. The molecule has 30 heavy (non-hydrogen) atoms. The molecule has 2 aromatic rings. The van der Waals surface area contributed by atoms with Crippen LogP contribution < -0.4 is 15.0 Å². The maximum absolute atomic E-state index is 14.1. The Morgan fingerprint density at radius 3 is 2.57 bits per heavy atom. The van der Waals surface area contributed by atoms with Gasteiger partial charge in [-0.2, -0.15) is 0 Å². The third-order valence-corrected chi connectivity index (χ3v) is 6.39. The quantitative estimate of drug-likeness (QED) is 0.775. The molecule has 2 bridgehead atoms. The Bertz CT molecular complexity index is 1000. The zero-order valence-electron chi connectivity index (χ0n) is 16.8. The summed E-state index contributed by atoms with van der Waals surface area (Å²) < 4.78 is 20.1. The van der Waals surface area contributed by atoms with Gasteiger partial charge >= 0.3 is 0 Å². The molecule has 0 unspecified atom stereocenters. The summed E-state index contributed by atoms with van der Waals surface area (Å²) in [6.45, 7) is 3.83. The minimum absolute atomic E-state index is 0.163. The van der Waals surface area contributed by atoms with Gasteiger partial charge in [0.1, 0.15) is 17.5 Å². The normalized spacial score (nSPS) is 27.7. The molecule has 0 spiro atoms. The van der Waals surface area contributed by atoms with Crippen LogP contribution in [0, 0.1) is 11.7 Å². The van der Waals surface area contributed by atoms with Gasteiger partial charge in [0.25, 0.3) is 0 Å². The summed E-state index contributed by atoms with van der Waals surface area (Å²) >= 11 is 0. The first-order valence-corrected chi connectivity index (χ1v) is 10.3. The molecule has 3 aliphatic heterocycles. The lowest BCUT2D eigenvalue weighted by Gasteiger charge is -2.48. The number of ether oxygens (including phenoxy) is 1. The highest BCUT2D eigenvalue weighted by Gasteiger charge is 2.52. The van der Waals surface area contributed by atoms with E-state index in [0.29, 0.717) is 38.3 Å². The van der Waals surface area contributed by atoms with Gasteiger partial charge in [0.2, 0.25) is 11.8 Å². The molecule has 2 saturated heterocycles. The molecular weight excluding hydrogens is 385 g/mol. The molecule has 156 valence electrons. The van der Waals surface area contributed by atoms with Crippen LogP contribution in [0.2, 0.25) is 0 Å². The zero-order chi connectivity index (χ0) is 20.9. The SMILES string of the molecule is C[C@]12C[C@@H](c3ccccc3O1)[C@H](C(=O)N1CCN(c3ccccc3F)CC1)C(=O)N2. The summed E-state index contributed by atoms with van der Waals surface area (Å²) in [5.41, 5.74) is 0.665. The highest BCUT2D eigenvalue weighted by Crippen LogP contribution is 2.47. The lowest BCUT2D eigenvalue weighted by Crippen LogP contribution is -2.64. The smallest absolute Gasteiger partial charge is 0.236 e. The number of benzene rings is 2. The van der Waals surface area contributed by atoms with E-state index in [0.717, 1.165) is 11.3 Å². The molecule has 1 N–H and O–H groups in total. The van der Waals surface area contributed by atoms with Crippen LogP contribution in [0.4, 0.5) is 10.1 Å². The van der Waals surface area contributed by atoms with Crippen molar-refractivity contribution in [3.63, 3.8) is 0 Å². The van der Waals surface area contributed by atoms with Crippen LogP contribution in [0.5, 0.6) is 5.75 Å². The lowest BCUT2D eigenvalue weighted by atomic mass is 9.74. The highest BCUT2D eigenvalue weighted by molar-refractivity contribution is 6.02. The average Bonchev–Trinajstić information content (AvgIpc) is 2.73. The van der Waals surface area contributed by atoms with E-state index in [-0.39, 0.29) is 23.5 Å². The summed E-state index contributed by atoms with van der Waals surface area (Å²) in [5, 5.41) is 2.91. The highest BCUT2D eigenvalue weighted by atomic mass is 19.1. The maximum Gasteiger partial charge on any atom is 0.236 e. The number of para-hydroxylation sites is 2. The number of halogens is 1. The van der Waals surface area contributed by atoms with Gasteiger partial charge in [-0.25, -0.2) is 4.39 Å². The topological polar surface area (TPSA) is 61.9 Å². The first kappa shape index (κ1) is 18.9. The van der Waals surface area contributed by atoms with Crippen LogP contribution in [0.25, 0.3) is 0 Å². The van der Waals surface area contributed by atoms with Crippen molar-refractivity contribution in [3.05, 3.63) is 59.9 Å². The largest absolute Gasteiger partial charge is 0.468 e. The number of carbonyl (C=O) groups is 2. The molecule has 0 saturated carbocycles. The number of nitrogens with one attached hydrogen (secondary N) is 1. The van der Waals surface area contributed by atoms with E-state index in [1.165, 1.54) is 6.07 Å². The molecule has 0 aromatic heterocycles. The number of fused-ring (bicyclic) bond motifs is 4. The van der Waals surface area contributed by atoms with E-state index in [1.54, 1.807) is 17.0 Å². The Hall–Kier alpha value is -3.09. The number of anilines is 1. The van der Waals surface area contributed by atoms with Crippen molar-refractivity contribution in [2.75, 3.05) is 31.1 Å². The number of hydrogen-bond donors (Lipinski definition) is 1. The van der Waals surface area contributed by atoms with Crippen molar-refractivity contribution in [3.8, 4) is 5.75 Å². The van der Waals surface area contributed by atoms with Crippen LogP contribution in [0.1, 0.15) is 24.8 Å².